The first kappa shape index (κ1) is 32.2. The number of carbonyl (C=O) groups excluding carboxylic acids is 2. The van der Waals surface area contributed by atoms with Crippen molar-refractivity contribution in [2.45, 2.75) is 26.5 Å². The summed E-state index contributed by atoms with van der Waals surface area (Å²) in [6.45, 7) is 3.78. The molecule has 10 heteroatoms. The zero-order valence-electron chi connectivity index (χ0n) is 26.5. The highest BCUT2D eigenvalue weighted by molar-refractivity contribution is 7.80. The summed E-state index contributed by atoms with van der Waals surface area (Å²) in [5, 5.41) is 15.0. The number of nitrogens with zero attached hydrogens (tertiary/aromatic N) is 1. The number of hydrogen-bond acceptors (Lipinski definition) is 7. The quantitative estimate of drug-likeness (QED) is 0.0643. The molecular formula is C38H34N4O5S. The van der Waals surface area contributed by atoms with E-state index in [0.29, 0.717) is 40.1 Å². The number of fused-ring (bicyclic) bond motifs is 2. The second-order valence-electron chi connectivity index (χ2n) is 11.0. The second-order valence-corrected chi connectivity index (χ2v) is 11.4. The minimum absolute atomic E-state index is 0.224. The first-order valence-electron chi connectivity index (χ1n) is 15.5. The first-order valence-corrected chi connectivity index (χ1v) is 15.9. The lowest BCUT2D eigenvalue weighted by Crippen LogP contribution is -2.45. The standard InChI is InChI=1S/C38H34N4O5S/c1-3-45-37(44)35-24(2)40-38(48)41-36(35)30-17-8-9-18-32(30)47-23-34(43)42-39-21-31-29-16-7-5-12-26(29)19-20-33(31)46-22-27-14-10-13-25-11-4-6-15-28(25)27/h4-21,36H,3,22-23H2,1-2H3,(H,42,43)(H2,40,41,48)/t36-/m0/s1. The van der Waals surface area contributed by atoms with Gasteiger partial charge in [-0.25, -0.2) is 10.2 Å². The predicted molar refractivity (Wildman–Crippen MR) is 191 cm³/mol. The normalized spacial score (nSPS) is 14.5. The molecule has 5 aromatic rings. The highest BCUT2D eigenvalue weighted by Crippen LogP contribution is 2.34. The van der Waals surface area contributed by atoms with Crippen LogP contribution in [0.2, 0.25) is 0 Å². The van der Waals surface area contributed by atoms with Gasteiger partial charge in [-0.1, -0.05) is 91.0 Å². The van der Waals surface area contributed by atoms with Crippen LogP contribution in [0.15, 0.2) is 119 Å². The van der Waals surface area contributed by atoms with E-state index in [-0.39, 0.29) is 13.2 Å². The largest absolute Gasteiger partial charge is 0.488 e. The van der Waals surface area contributed by atoms with Crippen LogP contribution in [0, 0.1) is 0 Å². The summed E-state index contributed by atoms with van der Waals surface area (Å²) in [6, 6.07) is 32.7. The van der Waals surface area contributed by atoms with Crippen LogP contribution in [-0.4, -0.2) is 36.4 Å². The second kappa shape index (κ2) is 14.8. The molecule has 0 saturated heterocycles. The zero-order valence-corrected chi connectivity index (χ0v) is 27.3. The third-order valence-corrected chi connectivity index (χ3v) is 8.15. The van der Waals surface area contributed by atoms with Gasteiger partial charge in [-0.2, -0.15) is 5.10 Å². The molecule has 0 saturated carbocycles. The number of hydrogen-bond donors (Lipinski definition) is 3. The Kier molecular flexibility index (Phi) is 9.92. The van der Waals surface area contributed by atoms with Gasteiger partial charge in [0, 0.05) is 16.8 Å². The van der Waals surface area contributed by atoms with Crippen molar-refractivity contribution in [2.75, 3.05) is 13.2 Å². The van der Waals surface area contributed by atoms with Gasteiger partial charge in [-0.05, 0) is 65.3 Å². The predicted octanol–water partition coefficient (Wildman–Crippen LogP) is 6.46. The number of ether oxygens (including phenoxy) is 3. The van der Waals surface area contributed by atoms with Crippen LogP contribution in [0.1, 0.15) is 36.6 Å². The number of para-hydroxylation sites is 1. The maximum absolute atomic E-state index is 12.9. The number of amides is 1. The van der Waals surface area contributed by atoms with Gasteiger partial charge >= 0.3 is 5.97 Å². The molecule has 1 aliphatic rings. The molecule has 0 fully saturated rings. The number of esters is 1. The van der Waals surface area contributed by atoms with E-state index >= 15 is 0 Å². The van der Waals surface area contributed by atoms with E-state index in [1.807, 2.05) is 66.7 Å². The Hall–Kier alpha value is -5.74. The summed E-state index contributed by atoms with van der Waals surface area (Å²) in [7, 11) is 0. The Balaban J connectivity index is 1.17. The van der Waals surface area contributed by atoms with Crippen LogP contribution in [0.3, 0.4) is 0 Å². The fraction of sp³-hybridized carbons (Fsp3) is 0.158. The Morgan fingerprint density at radius 3 is 2.38 bits per heavy atom. The molecular weight excluding hydrogens is 625 g/mol. The Morgan fingerprint density at radius 2 is 1.56 bits per heavy atom. The van der Waals surface area contributed by atoms with Crippen LogP contribution >= 0.6 is 12.2 Å². The van der Waals surface area contributed by atoms with Crippen molar-refractivity contribution in [1.82, 2.24) is 16.1 Å². The van der Waals surface area contributed by atoms with Crippen molar-refractivity contribution in [3.63, 3.8) is 0 Å². The molecule has 3 N–H and O–H groups in total. The number of carbonyl (C=O) groups is 2. The van der Waals surface area contributed by atoms with Crippen molar-refractivity contribution in [3.05, 3.63) is 131 Å². The van der Waals surface area contributed by atoms with E-state index in [1.165, 1.54) is 0 Å². The lowest BCUT2D eigenvalue weighted by atomic mass is 9.95. The molecule has 0 radical (unpaired) electrons. The molecule has 1 amide bonds. The van der Waals surface area contributed by atoms with Gasteiger partial charge in [0.25, 0.3) is 5.91 Å². The van der Waals surface area contributed by atoms with Gasteiger partial charge in [0.05, 0.1) is 24.4 Å². The number of rotatable bonds is 11. The summed E-state index contributed by atoms with van der Waals surface area (Å²) >= 11 is 5.36. The molecule has 1 aliphatic heterocycles. The van der Waals surface area contributed by atoms with Gasteiger partial charge in [0.2, 0.25) is 0 Å². The third-order valence-electron chi connectivity index (χ3n) is 7.93. The molecule has 242 valence electrons. The maximum Gasteiger partial charge on any atom is 0.338 e. The van der Waals surface area contributed by atoms with Crippen molar-refractivity contribution >= 4 is 57.0 Å². The average Bonchev–Trinajstić information content (AvgIpc) is 3.10. The number of thiocarbonyl (C=S) groups is 1. The van der Waals surface area contributed by atoms with Crippen LogP contribution in [0.5, 0.6) is 11.5 Å². The summed E-state index contributed by atoms with van der Waals surface area (Å²) in [5.41, 5.74) is 5.96. The summed E-state index contributed by atoms with van der Waals surface area (Å²) < 4.78 is 17.6. The lowest BCUT2D eigenvalue weighted by Gasteiger charge is -2.30. The molecule has 0 aliphatic carbocycles. The molecule has 1 atom stereocenters. The van der Waals surface area contributed by atoms with E-state index < -0.39 is 17.9 Å². The molecule has 6 rings (SSSR count). The van der Waals surface area contributed by atoms with E-state index in [9.17, 15) is 9.59 Å². The van der Waals surface area contributed by atoms with Gasteiger partial charge < -0.3 is 24.8 Å². The SMILES string of the molecule is CCOC(=O)C1=C(C)NC(=S)N[C@H]1c1ccccc1OCC(=O)NN=Cc1c(OCc2cccc3ccccc23)ccc2ccccc12. The minimum atomic E-state index is -0.631. The molecule has 0 spiro atoms. The lowest BCUT2D eigenvalue weighted by molar-refractivity contribution is -0.139. The number of nitrogens with one attached hydrogen (secondary N) is 3. The average molecular weight is 659 g/mol. The highest BCUT2D eigenvalue weighted by atomic mass is 32.1. The third kappa shape index (κ3) is 7.13. The fourth-order valence-electron chi connectivity index (χ4n) is 5.71. The summed E-state index contributed by atoms with van der Waals surface area (Å²) in [6.07, 6.45) is 1.59. The Labute approximate surface area is 283 Å². The smallest absolute Gasteiger partial charge is 0.338 e. The van der Waals surface area contributed by atoms with Gasteiger partial charge in [-0.15, -0.1) is 0 Å². The summed E-state index contributed by atoms with van der Waals surface area (Å²) in [4.78, 5) is 25.8. The fourth-order valence-corrected chi connectivity index (χ4v) is 5.98. The van der Waals surface area contributed by atoms with E-state index in [4.69, 9.17) is 26.4 Å². The number of allylic oxidation sites excluding steroid dienone is 1. The van der Waals surface area contributed by atoms with E-state index in [2.05, 4.69) is 45.4 Å². The zero-order chi connectivity index (χ0) is 33.5. The van der Waals surface area contributed by atoms with Crippen LogP contribution in [-0.2, 0) is 20.9 Å². The van der Waals surface area contributed by atoms with Crippen LogP contribution in [0.4, 0.5) is 0 Å². The highest BCUT2D eigenvalue weighted by Gasteiger charge is 2.32. The molecule has 9 nitrogen and oxygen atoms in total. The van der Waals surface area contributed by atoms with Gasteiger partial charge in [0.1, 0.15) is 18.1 Å². The topological polar surface area (TPSA) is 110 Å². The Morgan fingerprint density at radius 1 is 0.854 bits per heavy atom. The maximum atomic E-state index is 12.9. The van der Waals surface area contributed by atoms with E-state index in [1.54, 1.807) is 32.2 Å². The first-order chi connectivity index (χ1) is 23.4. The van der Waals surface area contributed by atoms with Gasteiger partial charge in [-0.3, -0.25) is 4.79 Å². The van der Waals surface area contributed by atoms with Crippen molar-refractivity contribution in [3.8, 4) is 11.5 Å². The van der Waals surface area contributed by atoms with Crippen molar-refractivity contribution in [1.29, 1.82) is 0 Å². The van der Waals surface area contributed by atoms with E-state index in [0.717, 1.165) is 32.7 Å². The summed E-state index contributed by atoms with van der Waals surface area (Å²) in [5.74, 6) is 0.105. The minimum Gasteiger partial charge on any atom is -0.488 e. The molecule has 5 aromatic carbocycles. The Bertz CT molecular complexity index is 2070. The van der Waals surface area contributed by atoms with Crippen LogP contribution in [0.25, 0.3) is 21.5 Å². The molecule has 1 heterocycles. The number of benzene rings is 5. The van der Waals surface area contributed by atoms with Crippen molar-refractivity contribution < 1.29 is 23.8 Å². The monoisotopic (exact) mass is 658 g/mol. The molecule has 0 bridgehead atoms. The number of hydrazone groups is 1. The molecule has 48 heavy (non-hydrogen) atoms. The van der Waals surface area contributed by atoms with Crippen LogP contribution < -0.4 is 25.5 Å². The van der Waals surface area contributed by atoms with Crippen molar-refractivity contribution in [2.24, 2.45) is 5.10 Å². The molecule has 0 unspecified atom stereocenters. The van der Waals surface area contributed by atoms with Gasteiger partial charge in [0.15, 0.2) is 11.7 Å². The molecule has 0 aromatic heterocycles.